The topological polar surface area (TPSA) is 127 Å². The second-order valence-electron chi connectivity index (χ2n) is 10.9. The van der Waals surface area contributed by atoms with E-state index in [0.29, 0.717) is 58.0 Å². The Kier molecular flexibility index (Phi) is 7.76. The Morgan fingerprint density at radius 1 is 1.17 bits per heavy atom. The number of anilines is 2. The van der Waals surface area contributed by atoms with Crippen molar-refractivity contribution in [2.24, 2.45) is 0 Å². The molecule has 0 aliphatic carbocycles. The first-order valence-corrected chi connectivity index (χ1v) is 14.2. The molecule has 2 aromatic carbocycles. The van der Waals surface area contributed by atoms with Crippen LogP contribution in [0.1, 0.15) is 24.6 Å². The van der Waals surface area contributed by atoms with Crippen LogP contribution in [0.3, 0.4) is 0 Å². The Hall–Kier alpha value is -4.14. The van der Waals surface area contributed by atoms with Gasteiger partial charge in [-0.05, 0) is 24.8 Å². The van der Waals surface area contributed by atoms with Gasteiger partial charge in [0.2, 0.25) is 0 Å². The molecule has 0 saturated carbocycles. The van der Waals surface area contributed by atoms with Crippen molar-refractivity contribution in [2.45, 2.75) is 44.5 Å². The van der Waals surface area contributed by atoms with Gasteiger partial charge in [0.15, 0.2) is 0 Å². The molecular weight excluding hydrogens is 522 g/mol. The maximum absolute atomic E-state index is 11.8. The fraction of sp³-hybridized carbons (Fsp3) is 0.467. The molecule has 0 radical (unpaired) electrons. The first-order valence-electron chi connectivity index (χ1n) is 14.2. The second-order valence-corrected chi connectivity index (χ2v) is 10.9. The number of carboxylic acid groups (broad SMARTS) is 1. The third-order valence-corrected chi connectivity index (χ3v) is 8.16. The van der Waals surface area contributed by atoms with E-state index in [1.807, 2.05) is 0 Å². The van der Waals surface area contributed by atoms with Crippen LogP contribution in [-0.4, -0.2) is 90.2 Å². The summed E-state index contributed by atoms with van der Waals surface area (Å²) in [5.41, 5.74) is 3.12. The number of piperazine rings is 1. The van der Waals surface area contributed by atoms with Gasteiger partial charge >= 0.3 is 12.1 Å². The Labute approximate surface area is 239 Å². The molecule has 3 aliphatic heterocycles. The Bertz CT molecular complexity index is 1450. The summed E-state index contributed by atoms with van der Waals surface area (Å²) in [4.78, 5) is 27.4. The van der Waals surface area contributed by atoms with Crippen molar-refractivity contribution in [2.75, 3.05) is 55.7 Å². The summed E-state index contributed by atoms with van der Waals surface area (Å²) in [6, 6.07) is 17.1. The highest BCUT2D eigenvalue weighted by Crippen LogP contribution is 2.34. The van der Waals surface area contributed by atoms with Crippen molar-refractivity contribution in [3.63, 3.8) is 0 Å². The first-order chi connectivity index (χ1) is 20.0. The number of nitrogens with zero attached hydrogens (tertiary/aromatic N) is 6. The van der Waals surface area contributed by atoms with Gasteiger partial charge in [0.25, 0.3) is 0 Å². The minimum Gasteiger partial charge on any atom is -0.465 e. The predicted molar refractivity (Wildman–Crippen MR) is 154 cm³/mol. The lowest BCUT2D eigenvalue weighted by Gasteiger charge is -2.41. The van der Waals surface area contributed by atoms with Crippen LogP contribution in [-0.2, 0) is 17.7 Å². The largest absolute Gasteiger partial charge is 0.465 e. The van der Waals surface area contributed by atoms with E-state index in [1.54, 1.807) is 0 Å². The number of rotatable bonds is 6. The summed E-state index contributed by atoms with van der Waals surface area (Å²) >= 11 is 0. The van der Waals surface area contributed by atoms with E-state index in [1.165, 1.54) is 15.7 Å². The zero-order valence-electron chi connectivity index (χ0n) is 23.2. The second kappa shape index (κ2) is 11.8. The molecule has 2 fully saturated rings. The van der Waals surface area contributed by atoms with Crippen molar-refractivity contribution in [3.8, 4) is 12.1 Å². The van der Waals surface area contributed by atoms with Crippen LogP contribution in [0.25, 0.3) is 10.8 Å². The molecule has 41 heavy (non-hydrogen) atoms. The average molecular weight is 558 g/mol. The summed E-state index contributed by atoms with van der Waals surface area (Å²) in [6.07, 6.45) is -0.233. The molecule has 6 rings (SSSR count). The summed E-state index contributed by atoms with van der Waals surface area (Å²) in [7, 11) is 0. The van der Waals surface area contributed by atoms with E-state index < -0.39 is 12.1 Å². The predicted octanol–water partition coefficient (Wildman–Crippen LogP) is 3.03. The molecule has 1 amide bonds. The van der Waals surface area contributed by atoms with Gasteiger partial charge in [-0.25, -0.2) is 4.79 Å². The van der Waals surface area contributed by atoms with Gasteiger partial charge in [0, 0.05) is 55.4 Å². The van der Waals surface area contributed by atoms with Gasteiger partial charge in [-0.15, -0.1) is 0 Å². The van der Waals surface area contributed by atoms with E-state index >= 15 is 0 Å². The van der Waals surface area contributed by atoms with Gasteiger partial charge < -0.3 is 34.6 Å². The van der Waals surface area contributed by atoms with Gasteiger partial charge in [-0.2, -0.15) is 15.2 Å². The molecule has 0 spiro atoms. The number of hydrogen-bond donors (Lipinski definition) is 2. The highest BCUT2D eigenvalue weighted by atomic mass is 16.5. The number of amides is 1. The number of aromatic nitrogens is 2. The van der Waals surface area contributed by atoms with Crippen molar-refractivity contribution in [1.29, 1.82) is 5.26 Å². The average Bonchev–Trinajstić information content (AvgIpc) is 3.00. The van der Waals surface area contributed by atoms with Crippen LogP contribution >= 0.6 is 0 Å². The summed E-state index contributed by atoms with van der Waals surface area (Å²) < 4.78 is 12.0. The van der Waals surface area contributed by atoms with Crippen molar-refractivity contribution in [1.82, 2.24) is 20.2 Å². The fourth-order valence-corrected chi connectivity index (χ4v) is 5.99. The summed E-state index contributed by atoms with van der Waals surface area (Å²) in [5, 5.41) is 24.9. The maximum atomic E-state index is 11.8. The van der Waals surface area contributed by atoms with Crippen LogP contribution in [0.4, 0.5) is 16.3 Å². The lowest BCUT2D eigenvalue weighted by Crippen LogP contribution is -2.55. The van der Waals surface area contributed by atoms with E-state index in [9.17, 15) is 15.2 Å². The molecule has 11 nitrogen and oxygen atoms in total. The summed E-state index contributed by atoms with van der Waals surface area (Å²) in [5.74, 6) is 0.770. The minimum absolute atomic E-state index is 0.0967. The van der Waals surface area contributed by atoms with Crippen LogP contribution < -0.4 is 19.9 Å². The number of morpholine rings is 1. The summed E-state index contributed by atoms with van der Waals surface area (Å²) in [6.45, 7) is 6.31. The molecule has 3 aromatic rings. The molecule has 1 aromatic heterocycles. The smallest absolute Gasteiger partial charge is 0.407 e. The lowest BCUT2D eigenvalue weighted by atomic mass is 10.0. The zero-order chi connectivity index (χ0) is 28.3. The monoisotopic (exact) mass is 557 g/mol. The van der Waals surface area contributed by atoms with Gasteiger partial charge in [0.05, 0.1) is 37.4 Å². The van der Waals surface area contributed by atoms with Crippen LogP contribution in [0, 0.1) is 11.3 Å². The molecule has 2 saturated heterocycles. The quantitative estimate of drug-likeness (QED) is 0.467. The fourth-order valence-electron chi connectivity index (χ4n) is 5.99. The highest BCUT2D eigenvalue weighted by Gasteiger charge is 2.34. The number of carbonyl (C=O) groups is 1. The highest BCUT2D eigenvalue weighted by molar-refractivity contribution is 5.94. The lowest BCUT2D eigenvalue weighted by molar-refractivity contribution is -0.0182. The normalized spacial score (nSPS) is 22.7. The zero-order valence-corrected chi connectivity index (χ0v) is 23.2. The number of fused-ring (bicyclic) bond motifs is 2. The molecular formula is C30H35N7O4. The van der Waals surface area contributed by atoms with E-state index in [-0.39, 0.29) is 12.5 Å². The van der Waals surface area contributed by atoms with Crippen LogP contribution in [0.5, 0.6) is 6.01 Å². The first kappa shape index (κ1) is 27.1. The maximum Gasteiger partial charge on any atom is 0.407 e. The van der Waals surface area contributed by atoms with Crippen molar-refractivity contribution in [3.05, 3.63) is 53.7 Å². The minimum atomic E-state index is -1.00. The Morgan fingerprint density at radius 2 is 2.02 bits per heavy atom. The van der Waals surface area contributed by atoms with Crippen molar-refractivity contribution >= 4 is 28.4 Å². The molecule has 4 heterocycles. The Balaban J connectivity index is 1.31. The van der Waals surface area contributed by atoms with E-state index in [0.717, 1.165) is 35.7 Å². The standard InChI is InChI=1S/C30H35N7O4/c1-20-18-40-23(15-32-20)19-41-29-33-26-17-35(27-8-4-6-21-5-2-3-7-24(21)27)12-10-25(26)28(34-29)36-13-14-37(30(38)39)22(16-36)9-11-31/h2-8,20,22-23,32H,9-10,12-19H2,1H3,(H,38,39)/t20-,22?,23-/m1/s1. The molecule has 214 valence electrons. The number of nitrogens with one attached hydrogen (secondary N) is 1. The third kappa shape index (κ3) is 5.71. The van der Waals surface area contributed by atoms with Crippen LogP contribution in [0.2, 0.25) is 0 Å². The molecule has 3 aliphatic rings. The number of hydrogen-bond acceptors (Lipinski definition) is 9. The molecule has 2 N–H and O–H groups in total. The molecule has 1 unspecified atom stereocenters. The molecule has 3 atom stereocenters. The van der Waals surface area contributed by atoms with Crippen molar-refractivity contribution < 1.29 is 19.4 Å². The van der Waals surface area contributed by atoms with Crippen LogP contribution in [0.15, 0.2) is 42.5 Å². The van der Waals surface area contributed by atoms with Gasteiger partial charge in [-0.3, -0.25) is 0 Å². The number of benzene rings is 2. The number of nitriles is 1. The number of ether oxygens (including phenoxy) is 2. The molecule has 11 heteroatoms. The van der Waals surface area contributed by atoms with E-state index in [4.69, 9.17) is 19.4 Å². The Morgan fingerprint density at radius 3 is 2.83 bits per heavy atom. The SMILES string of the molecule is C[C@@H]1CO[C@@H](COc2nc3c(c(N4CCN(C(=O)O)C(CC#N)C4)n2)CCN(c2cccc4ccccc24)C3)CN1. The third-order valence-electron chi connectivity index (χ3n) is 8.16. The van der Waals surface area contributed by atoms with E-state index in [2.05, 4.69) is 70.6 Å². The van der Waals surface area contributed by atoms with Gasteiger partial charge in [-0.1, -0.05) is 36.4 Å². The van der Waals surface area contributed by atoms with Gasteiger partial charge in [0.1, 0.15) is 18.5 Å². The molecule has 0 bridgehead atoms.